The molecule has 0 aliphatic rings. The largest absolute Gasteiger partial charge is 0.493 e. The minimum Gasteiger partial charge on any atom is -0.493 e. The van der Waals surface area contributed by atoms with Crippen molar-refractivity contribution in [3.63, 3.8) is 0 Å². The molecule has 0 aromatic heterocycles. The molecule has 1 N–H and O–H groups in total. The summed E-state index contributed by atoms with van der Waals surface area (Å²) in [6.07, 6.45) is 1.43. The maximum atomic E-state index is 12.6. The molecule has 0 bridgehead atoms. The van der Waals surface area contributed by atoms with Crippen LogP contribution < -0.4 is 14.8 Å². The van der Waals surface area contributed by atoms with Crippen LogP contribution in [-0.4, -0.2) is 13.0 Å². The number of carbonyl (C=O) groups is 1. The molecule has 0 saturated heterocycles. The van der Waals surface area contributed by atoms with Crippen LogP contribution in [0.15, 0.2) is 60.2 Å². The van der Waals surface area contributed by atoms with Crippen LogP contribution in [0, 0.1) is 18.3 Å². The number of rotatable bonds is 7. The molecule has 168 valence electrons. The lowest BCUT2D eigenvalue weighted by Gasteiger charge is -2.14. The number of methoxy groups -OCH3 is 1. The number of ether oxygens (including phenoxy) is 2. The minimum absolute atomic E-state index is 0.0997. The highest BCUT2D eigenvalue weighted by Crippen LogP contribution is 2.37. The molecule has 0 heterocycles. The van der Waals surface area contributed by atoms with Gasteiger partial charge in [-0.05, 0) is 72.2 Å². The van der Waals surface area contributed by atoms with Crippen LogP contribution >= 0.6 is 34.8 Å². The highest BCUT2D eigenvalue weighted by molar-refractivity contribution is 6.32. The highest BCUT2D eigenvalue weighted by atomic mass is 35.5. The molecular formula is C25H19Cl3N2O3. The van der Waals surface area contributed by atoms with E-state index in [9.17, 15) is 10.1 Å². The Hall–Kier alpha value is -3.17. The third-order valence-corrected chi connectivity index (χ3v) is 5.43. The van der Waals surface area contributed by atoms with Gasteiger partial charge in [0, 0.05) is 15.7 Å². The molecule has 0 atom stereocenters. The van der Waals surface area contributed by atoms with Gasteiger partial charge >= 0.3 is 0 Å². The lowest BCUT2D eigenvalue weighted by Crippen LogP contribution is -2.14. The highest BCUT2D eigenvalue weighted by Gasteiger charge is 2.15. The number of carbonyl (C=O) groups excluding carboxylic acids is 1. The van der Waals surface area contributed by atoms with Crippen LogP contribution in [0.4, 0.5) is 5.69 Å². The first-order chi connectivity index (χ1) is 15.8. The molecule has 1 amide bonds. The quantitative estimate of drug-likeness (QED) is 0.277. The molecule has 3 aromatic rings. The number of hydrogen-bond acceptors (Lipinski definition) is 4. The van der Waals surface area contributed by atoms with E-state index < -0.39 is 5.91 Å². The number of anilines is 1. The smallest absolute Gasteiger partial charge is 0.266 e. The van der Waals surface area contributed by atoms with Gasteiger partial charge in [0.05, 0.1) is 12.1 Å². The van der Waals surface area contributed by atoms with Crippen molar-refractivity contribution in [1.82, 2.24) is 0 Å². The molecule has 0 unspecified atom stereocenters. The summed E-state index contributed by atoms with van der Waals surface area (Å²) < 4.78 is 11.3. The molecule has 0 saturated carbocycles. The van der Waals surface area contributed by atoms with Crippen molar-refractivity contribution in [1.29, 1.82) is 5.26 Å². The fourth-order valence-electron chi connectivity index (χ4n) is 2.97. The van der Waals surface area contributed by atoms with E-state index in [0.29, 0.717) is 32.8 Å². The average molecular weight is 502 g/mol. The molecule has 0 radical (unpaired) electrons. The number of halogens is 3. The van der Waals surface area contributed by atoms with Gasteiger partial charge in [-0.1, -0.05) is 46.9 Å². The fourth-order valence-corrected chi connectivity index (χ4v) is 3.60. The van der Waals surface area contributed by atoms with Crippen molar-refractivity contribution in [2.75, 3.05) is 12.4 Å². The van der Waals surface area contributed by atoms with Crippen LogP contribution in [-0.2, 0) is 11.4 Å². The monoisotopic (exact) mass is 500 g/mol. The Balaban J connectivity index is 1.82. The van der Waals surface area contributed by atoms with Crippen molar-refractivity contribution in [3.8, 4) is 17.6 Å². The van der Waals surface area contributed by atoms with E-state index in [4.69, 9.17) is 44.3 Å². The summed E-state index contributed by atoms with van der Waals surface area (Å²) in [6, 6.07) is 17.5. The van der Waals surface area contributed by atoms with Gasteiger partial charge in [-0.25, -0.2) is 0 Å². The summed E-state index contributed by atoms with van der Waals surface area (Å²) in [5.74, 6) is 0.168. The first kappa shape index (κ1) is 24.5. The molecule has 0 spiro atoms. The van der Waals surface area contributed by atoms with Gasteiger partial charge in [0.1, 0.15) is 18.2 Å². The van der Waals surface area contributed by atoms with E-state index in [1.54, 1.807) is 42.5 Å². The summed E-state index contributed by atoms with van der Waals surface area (Å²) in [6.45, 7) is 2.07. The molecule has 3 aromatic carbocycles. The van der Waals surface area contributed by atoms with Gasteiger partial charge in [0.15, 0.2) is 11.5 Å². The number of hydrogen-bond donors (Lipinski definition) is 1. The number of nitrogens with one attached hydrogen (secondary N) is 1. The zero-order valence-electron chi connectivity index (χ0n) is 17.8. The van der Waals surface area contributed by atoms with E-state index in [0.717, 1.165) is 11.1 Å². The van der Waals surface area contributed by atoms with Crippen LogP contribution in [0.2, 0.25) is 15.1 Å². The van der Waals surface area contributed by atoms with Crippen LogP contribution in [0.25, 0.3) is 6.08 Å². The topological polar surface area (TPSA) is 71.3 Å². The van der Waals surface area contributed by atoms with Crippen molar-refractivity contribution in [2.45, 2.75) is 13.5 Å². The molecular weight excluding hydrogens is 483 g/mol. The SMILES string of the molecule is COc1cc(/C=C(\C#N)C(=O)Nc2ccc(Cl)cc2C)cc(Cl)c1OCc1ccc(Cl)cc1. The van der Waals surface area contributed by atoms with Crippen molar-refractivity contribution < 1.29 is 14.3 Å². The summed E-state index contributed by atoms with van der Waals surface area (Å²) in [5.41, 5.74) is 2.65. The Morgan fingerprint density at radius 2 is 1.76 bits per heavy atom. The third-order valence-electron chi connectivity index (χ3n) is 4.66. The summed E-state index contributed by atoms with van der Waals surface area (Å²) in [7, 11) is 1.48. The Labute approximate surface area is 207 Å². The third kappa shape index (κ3) is 6.43. The Morgan fingerprint density at radius 1 is 1.06 bits per heavy atom. The number of aryl methyl sites for hydroxylation is 1. The van der Waals surface area contributed by atoms with Gasteiger partial charge < -0.3 is 14.8 Å². The molecule has 5 nitrogen and oxygen atoms in total. The van der Waals surface area contributed by atoms with Gasteiger partial charge in [0.2, 0.25) is 0 Å². The lowest BCUT2D eigenvalue weighted by atomic mass is 10.1. The number of benzene rings is 3. The Bertz CT molecular complexity index is 1250. The zero-order chi connectivity index (χ0) is 24.0. The predicted octanol–water partition coefficient (Wildman–Crippen LogP) is 7.09. The molecule has 3 rings (SSSR count). The molecule has 8 heteroatoms. The lowest BCUT2D eigenvalue weighted by molar-refractivity contribution is -0.112. The Morgan fingerprint density at radius 3 is 2.39 bits per heavy atom. The van der Waals surface area contributed by atoms with E-state index >= 15 is 0 Å². The molecule has 0 fully saturated rings. The maximum Gasteiger partial charge on any atom is 0.266 e. The van der Waals surface area contributed by atoms with E-state index in [1.807, 2.05) is 25.1 Å². The normalized spacial score (nSPS) is 11.0. The average Bonchev–Trinajstić information content (AvgIpc) is 2.79. The maximum absolute atomic E-state index is 12.6. The Kier molecular flexibility index (Phi) is 8.24. The van der Waals surface area contributed by atoms with E-state index in [2.05, 4.69) is 5.32 Å². The standard InChI is InChI=1S/C25H19Cl3N2O3/c1-15-9-20(27)7-8-22(15)30-25(31)18(13-29)10-17-11-21(28)24(23(12-17)32-2)33-14-16-3-5-19(26)6-4-16/h3-12H,14H2,1-2H3,(H,30,31)/b18-10+. The van der Waals surface area contributed by atoms with E-state index in [1.165, 1.54) is 13.2 Å². The minimum atomic E-state index is -0.555. The number of amides is 1. The number of nitrogens with zero attached hydrogens (tertiary/aromatic N) is 1. The molecule has 33 heavy (non-hydrogen) atoms. The van der Waals surface area contributed by atoms with Crippen molar-refractivity contribution in [2.24, 2.45) is 0 Å². The van der Waals surface area contributed by atoms with Gasteiger partial charge in [0.25, 0.3) is 5.91 Å². The second-order valence-electron chi connectivity index (χ2n) is 7.03. The molecule has 0 aliphatic heterocycles. The second kappa shape index (κ2) is 11.1. The summed E-state index contributed by atoms with van der Waals surface area (Å²) in [5, 5.41) is 13.7. The number of nitriles is 1. The van der Waals surface area contributed by atoms with Crippen LogP contribution in [0.5, 0.6) is 11.5 Å². The second-order valence-corrected chi connectivity index (χ2v) is 8.31. The van der Waals surface area contributed by atoms with Crippen molar-refractivity contribution in [3.05, 3.63) is 91.9 Å². The molecule has 0 aliphatic carbocycles. The van der Waals surface area contributed by atoms with Gasteiger partial charge in [-0.3, -0.25) is 4.79 Å². The van der Waals surface area contributed by atoms with E-state index in [-0.39, 0.29) is 17.2 Å². The first-order valence-electron chi connectivity index (χ1n) is 9.74. The van der Waals surface area contributed by atoms with Crippen molar-refractivity contribution >= 4 is 52.5 Å². The summed E-state index contributed by atoms with van der Waals surface area (Å²) >= 11 is 18.3. The fraction of sp³-hybridized carbons (Fsp3) is 0.120. The zero-order valence-corrected chi connectivity index (χ0v) is 20.1. The van der Waals surface area contributed by atoms with Gasteiger partial charge in [-0.2, -0.15) is 5.26 Å². The van der Waals surface area contributed by atoms with Crippen LogP contribution in [0.1, 0.15) is 16.7 Å². The first-order valence-corrected chi connectivity index (χ1v) is 10.9. The van der Waals surface area contributed by atoms with Crippen LogP contribution in [0.3, 0.4) is 0 Å². The van der Waals surface area contributed by atoms with Gasteiger partial charge in [-0.15, -0.1) is 0 Å². The predicted molar refractivity (Wildman–Crippen MR) is 132 cm³/mol. The summed E-state index contributed by atoms with van der Waals surface area (Å²) in [4.78, 5) is 12.6.